The van der Waals surface area contributed by atoms with Crippen molar-refractivity contribution < 1.29 is 39.5 Å². The molecule has 4 atom stereocenters. The quantitative estimate of drug-likeness (QED) is 0.132. The zero-order chi connectivity index (χ0) is 23.1. The molecule has 0 heterocycles. The van der Waals surface area contributed by atoms with Crippen LogP contribution < -0.4 is 0 Å². The normalized spacial score (nSPS) is 16.0. The number of carboxylic acids is 1. The lowest BCUT2D eigenvalue weighted by molar-refractivity contribution is -0.140. The number of hydrogen-bond donors (Lipinski definition) is 4. The highest BCUT2D eigenvalue weighted by Gasteiger charge is 2.24. The number of carbonyl (C=O) groups is 2. The number of esters is 1. The molecular weight excluding hydrogens is 396 g/mol. The molecule has 10 nitrogen and oxygen atoms in total. The van der Waals surface area contributed by atoms with Crippen LogP contribution in [0, 0.1) is 0 Å². The second kappa shape index (κ2) is 16.2. The Bertz CT molecular complexity index is 507. The van der Waals surface area contributed by atoms with E-state index in [0.717, 1.165) is 6.08 Å². The standard InChI is InChI=1S/C20H38N2O8/c1-15(11-23)21(16(2)12-24)7-8-22(17(3)13-25)18(4)14-29-9-10-30-20(28)6-5-19(26)27/h5-6,15-18,23-25H,7-14H2,1-4H3,(H,26,27)/b6-5-. The summed E-state index contributed by atoms with van der Waals surface area (Å²) in [4.78, 5) is 25.7. The second-order valence-electron chi connectivity index (χ2n) is 7.33. The second-order valence-corrected chi connectivity index (χ2v) is 7.33. The molecule has 0 aliphatic rings. The smallest absolute Gasteiger partial charge is 0.331 e. The van der Waals surface area contributed by atoms with E-state index in [9.17, 15) is 24.9 Å². The van der Waals surface area contributed by atoms with Crippen LogP contribution in [0.15, 0.2) is 12.2 Å². The molecule has 176 valence electrons. The summed E-state index contributed by atoms with van der Waals surface area (Å²) in [7, 11) is 0. The summed E-state index contributed by atoms with van der Waals surface area (Å²) >= 11 is 0. The van der Waals surface area contributed by atoms with Crippen LogP contribution in [-0.4, -0.2) is 119 Å². The first-order valence-electron chi connectivity index (χ1n) is 10.2. The zero-order valence-electron chi connectivity index (χ0n) is 18.4. The van der Waals surface area contributed by atoms with Crippen molar-refractivity contribution in [2.75, 3.05) is 52.7 Å². The molecule has 0 aromatic rings. The van der Waals surface area contributed by atoms with Crippen molar-refractivity contribution >= 4 is 11.9 Å². The summed E-state index contributed by atoms with van der Waals surface area (Å²) < 4.78 is 10.4. The molecule has 0 aromatic carbocycles. The molecule has 10 heteroatoms. The van der Waals surface area contributed by atoms with Gasteiger partial charge in [-0.1, -0.05) is 0 Å². The zero-order valence-corrected chi connectivity index (χ0v) is 18.4. The van der Waals surface area contributed by atoms with Gasteiger partial charge in [-0.05, 0) is 27.7 Å². The first-order chi connectivity index (χ1) is 14.2. The van der Waals surface area contributed by atoms with Gasteiger partial charge in [0.25, 0.3) is 0 Å². The summed E-state index contributed by atoms with van der Waals surface area (Å²) in [6, 6.07) is -0.353. The summed E-state index contributed by atoms with van der Waals surface area (Å²) in [5, 5.41) is 37.0. The van der Waals surface area contributed by atoms with Crippen LogP contribution in [0.5, 0.6) is 0 Å². The molecule has 0 spiro atoms. The Kier molecular flexibility index (Phi) is 15.3. The molecule has 0 amide bonds. The van der Waals surface area contributed by atoms with Crippen molar-refractivity contribution in [3.63, 3.8) is 0 Å². The number of aliphatic carboxylic acids is 1. The van der Waals surface area contributed by atoms with Crippen LogP contribution in [0.4, 0.5) is 0 Å². The Morgan fingerprint density at radius 2 is 1.27 bits per heavy atom. The maximum atomic E-state index is 11.3. The number of aliphatic hydroxyl groups is 3. The van der Waals surface area contributed by atoms with Gasteiger partial charge in [0.2, 0.25) is 0 Å². The number of carbonyl (C=O) groups excluding carboxylic acids is 1. The van der Waals surface area contributed by atoms with Crippen LogP contribution in [-0.2, 0) is 19.1 Å². The van der Waals surface area contributed by atoms with Gasteiger partial charge in [-0.2, -0.15) is 0 Å². The Morgan fingerprint density at radius 1 is 0.800 bits per heavy atom. The molecule has 0 radical (unpaired) electrons. The minimum Gasteiger partial charge on any atom is -0.478 e. The molecule has 4 unspecified atom stereocenters. The summed E-state index contributed by atoms with van der Waals surface area (Å²) in [6.07, 6.45) is 1.54. The number of carboxylic acid groups (broad SMARTS) is 1. The Hall–Kier alpha value is -1.56. The average molecular weight is 435 g/mol. The van der Waals surface area contributed by atoms with E-state index < -0.39 is 11.9 Å². The number of ether oxygens (including phenoxy) is 2. The molecule has 4 N–H and O–H groups in total. The van der Waals surface area contributed by atoms with Crippen molar-refractivity contribution in [3.8, 4) is 0 Å². The fourth-order valence-corrected chi connectivity index (χ4v) is 3.03. The molecule has 0 rings (SSSR count). The van der Waals surface area contributed by atoms with Gasteiger partial charge in [0.15, 0.2) is 0 Å². The number of nitrogens with zero attached hydrogens (tertiary/aromatic N) is 2. The predicted octanol–water partition coefficient (Wildman–Crippen LogP) is -0.678. The molecule has 0 bridgehead atoms. The van der Waals surface area contributed by atoms with Crippen molar-refractivity contribution in [1.29, 1.82) is 0 Å². The summed E-state index contributed by atoms with van der Waals surface area (Å²) in [6.45, 7) is 9.32. The first kappa shape index (κ1) is 28.4. The first-order valence-corrected chi connectivity index (χ1v) is 10.2. The molecular formula is C20H38N2O8. The Morgan fingerprint density at radius 3 is 1.70 bits per heavy atom. The van der Waals surface area contributed by atoms with Gasteiger partial charge in [0.1, 0.15) is 6.61 Å². The van der Waals surface area contributed by atoms with Gasteiger partial charge in [0.05, 0.1) is 33.0 Å². The maximum Gasteiger partial charge on any atom is 0.331 e. The van der Waals surface area contributed by atoms with E-state index in [1.54, 1.807) is 0 Å². The lowest BCUT2D eigenvalue weighted by atomic mass is 10.1. The fourth-order valence-electron chi connectivity index (χ4n) is 3.03. The number of aliphatic hydroxyl groups excluding tert-OH is 3. The van der Waals surface area contributed by atoms with Gasteiger partial charge in [-0.3, -0.25) is 9.80 Å². The van der Waals surface area contributed by atoms with Gasteiger partial charge < -0.3 is 29.9 Å². The topological polar surface area (TPSA) is 140 Å². The lowest BCUT2D eigenvalue weighted by Crippen LogP contribution is -2.52. The maximum absolute atomic E-state index is 11.3. The van der Waals surface area contributed by atoms with E-state index >= 15 is 0 Å². The summed E-state index contributed by atoms with van der Waals surface area (Å²) in [5.74, 6) is -1.98. The van der Waals surface area contributed by atoms with E-state index in [0.29, 0.717) is 25.8 Å². The monoisotopic (exact) mass is 434 g/mol. The molecule has 0 aliphatic heterocycles. The Labute approximate surface area is 178 Å². The third kappa shape index (κ3) is 11.6. The highest BCUT2D eigenvalue weighted by Crippen LogP contribution is 2.10. The van der Waals surface area contributed by atoms with E-state index in [1.807, 2.05) is 32.6 Å². The number of rotatable bonds is 17. The van der Waals surface area contributed by atoms with Gasteiger partial charge in [-0.25, -0.2) is 9.59 Å². The highest BCUT2D eigenvalue weighted by atomic mass is 16.6. The van der Waals surface area contributed by atoms with Crippen LogP contribution in [0.25, 0.3) is 0 Å². The largest absolute Gasteiger partial charge is 0.478 e. The predicted molar refractivity (Wildman–Crippen MR) is 111 cm³/mol. The molecule has 0 fully saturated rings. The highest BCUT2D eigenvalue weighted by molar-refractivity contribution is 5.90. The third-order valence-corrected chi connectivity index (χ3v) is 4.87. The Balaban J connectivity index is 4.58. The van der Waals surface area contributed by atoms with Crippen molar-refractivity contribution in [3.05, 3.63) is 12.2 Å². The average Bonchev–Trinajstić information content (AvgIpc) is 2.73. The van der Waals surface area contributed by atoms with Crippen molar-refractivity contribution in [1.82, 2.24) is 9.80 Å². The molecule has 0 saturated heterocycles. The molecule has 0 aliphatic carbocycles. The SMILES string of the molecule is CC(CO)N(CCN(C(C)CO)C(C)COCCOC(=O)/C=C\C(=O)O)C(C)CO. The van der Waals surface area contributed by atoms with E-state index in [4.69, 9.17) is 14.6 Å². The van der Waals surface area contributed by atoms with E-state index in [1.165, 1.54) is 0 Å². The van der Waals surface area contributed by atoms with E-state index in [-0.39, 0.29) is 57.2 Å². The van der Waals surface area contributed by atoms with Gasteiger partial charge in [-0.15, -0.1) is 0 Å². The van der Waals surface area contributed by atoms with Crippen LogP contribution >= 0.6 is 0 Å². The minimum absolute atomic E-state index is 0.000866. The van der Waals surface area contributed by atoms with Gasteiger partial charge in [0, 0.05) is 49.4 Å². The van der Waals surface area contributed by atoms with Crippen LogP contribution in [0.2, 0.25) is 0 Å². The summed E-state index contributed by atoms with van der Waals surface area (Å²) in [5.41, 5.74) is 0. The molecule has 0 aromatic heterocycles. The lowest BCUT2D eigenvalue weighted by Gasteiger charge is -2.38. The van der Waals surface area contributed by atoms with Crippen LogP contribution in [0.1, 0.15) is 27.7 Å². The molecule has 0 saturated carbocycles. The van der Waals surface area contributed by atoms with Gasteiger partial charge >= 0.3 is 11.9 Å². The fraction of sp³-hybridized carbons (Fsp3) is 0.800. The van der Waals surface area contributed by atoms with Crippen molar-refractivity contribution in [2.45, 2.75) is 51.9 Å². The van der Waals surface area contributed by atoms with Crippen LogP contribution in [0.3, 0.4) is 0 Å². The minimum atomic E-state index is -1.23. The number of hydrogen-bond acceptors (Lipinski definition) is 9. The van der Waals surface area contributed by atoms with E-state index in [2.05, 4.69) is 4.90 Å². The third-order valence-electron chi connectivity index (χ3n) is 4.87. The molecule has 30 heavy (non-hydrogen) atoms. The van der Waals surface area contributed by atoms with Crippen molar-refractivity contribution in [2.24, 2.45) is 0 Å².